The van der Waals surface area contributed by atoms with Crippen LogP contribution in [0.25, 0.3) is 0 Å². The molecule has 0 unspecified atom stereocenters. The molecule has 0 heterocycles. The normalized spacial score (nSPS) is 17.4. The minimum absolute atomic E-state index is 0.355. The lowest BCUT2D eigenvalue weighted by molar-refractivity contribution is 0.140. The van der Waals surface area contributed by atoms with Gasteiger partial charge < -0.3 is 5.11 Å². The highest BCUT2D eigenvalue weighted by Crippen LogP contribution is 2.39. The summed E-state index contributed by atoms with van der Waals surface area (Å²) in [5.74, 6) is 2.62. The summed E-state index contributed by atoms with van der Waals surface area (Å²) in [6.07, 6.45) is 9.02. The van der Waals surface area contributed by atoms with Crippen LogP contribution in [0, 0.1) is 12.3 Å². The van der Waals surface area contributed by atoms with Gasteiger partial charge in [0.15, 0.2) is 0 Å². The maximum Gasteiger partial charge on any atom is 0.0653 e. The van der Waals surface area contributed by atoms with Crippen molar-refractivity contribution in [2.45, 2.75) is 31.3 Å². The number of hydrogen-bond acceptors (Lipinski definition) is 1. The van der Waals surface area contributed by atoms with Gasteiger partial charge in [-0.2, -0.15) is 0 Å². The molecule has 0 radical (unpaired) electrons. The molecule has 0 aromatic heterocycles. The van der Waals surface area contributed by atoms with Crippen molar-refractivity contribution in [3.8, 4) is 12.3 Å². The average Bonchev–Trinajstić information content (AvgIpc) is 2.95. The van der Waals surface area contributed by atoms with E-state index >= 15 is 0 Å². The van der Waals surface area contributed by atoms with Crippen molar-refractivity contribution in [1.29, 1.82) is 0 Å². The molecule has 0 saturated heterocycles. The number of hydrogen-bond donors (Lipinski definition) is 1. The van der Waals surface area contributed by atoms with Crippen LogP contribution < -0.4 is 0 Å². The third-order valence-electron chi connectivity index (χ3n) is 2.80. The summed E-state index contributed by atoms with van der Waals surface area (Å²) in [5.41, 5.74) is 1.79. The topological polar surface area (TPSA) is 20.2 Å². The van der Waals surface area contributed by atoms with Crippen molar-refractivity contribution in [3.05, 3.63) is 35.4 Å². The largest absolute Gasteiger partial charge is 0.390 e. The van der Waals surface area contributed by atoms with Crippen LogP contribution in [0.3, 0.4) is 0 Å². The molecule has 2 rings (SSSR count). The third-order valence-corrected chi connectivity index (χ3v) is 2.80. The summed E-state index contributed by atoms with van der Waals surface area (Å²) in [6.45, 7) is 0. The number of aryl methyl sites for hydroxylation is 1. The second-order valence-electron chi connectivity index (χ2n) is 4.07. The smallest absolute Gasteiger partial charge is 0.0653 e. The monoisotopic (exact) mass is 186 g/mol. The Labute approximate surface area is 84.8 Å². The molecule has 1 nitrogen and oxygen atoms in total. The molecular formula is C13H14O. The molecule has 72 valence electrons. The molecule has 1 aromatic carbocycles. The van der Waals surface area contributed by atoms with E-state index in [4.69, 9.17) is 6.42 Å². The molecule has 0 aliphatic heterocycles. The van der Waals surface area contributed by atoms with Crippen LogP contribution in [0.5, 0.6) is 0 Å². The first-order valence-electron chi connectivity index (χ1n) is 5.00. The van der Waals surface area contributed by atoms with Gasteiger partial charge in [-0.15, -0.1) is 6.42 Å². The second kappa shape index (κ2) is 3.48. The van der Waals surface area contributed by atoms with Crippen LogP contribution in [-0.2, 0) is 6.42 Å². The molecule has 0 bridgehead atoms. The first-order chi connectivity index (χ1) is 6.72. The molecule has 1 aliphatic rings. The molecule has 0 atom stereocenters. The van der Waals surface area contributed by atoms with Crippen molar-refractivity contribution in [3.63, 3.8) is 0 Å². The summed E-state index contributed by atoms with van der Waals surface area (Å²) < 4.78 is 0. The molecule has 0 spiro atoms. The van der Waals surface area contributed by atoms with Crippen molar-refractivity contribution in [2.24, 2.45) is 0 Å². The Morgan fingerprint density at radius 2 is 2.21 bits per heavy atom. The molecule has 1 aliphatic carbocycles. The average molecular weight is 186 g/mol. The van der Waals surface area contributed by atoms with Crippen LogP contribution in [0.4, 0.5) is 0 Å². The summed E-state index contributed by atoms with van der Waals surface area (Å²) in [6, 6.07) is 7.98. The summed E-state index contributed by atoms with van der Waals surface area (Å²) >= 11 is 0. The van der Waals surface area contributed by atoms with Gasteiger partial charge in [-0.25, -0.2) is 0 Å². The van der Waals surface area contributed by atoms with E-state index < -0.39 is 0 Å². The van der Waals surface area contributed by atoms with E-state index in [2.05, 4.69) is 12.0 Å². The highest BCUT2D eigenvalue weighted by Gasteiger charge is 2.39. The molecule has 1 heteroatoms. The minimum atomic E-state index is -0.355. The Balaban J connectivity index is 1.99. The predicted octanol–water partition coefficient (Wildman–Crippen LogP) is 2.13. The van der Waals surface area contributed by atoms with Crippen LogP contribution in [0.2, 0.25) is 0 Å². The highest BCUT2D eigenvalue weighted by atomic mass is 16.3. The van der Waals surface area contributed by atoms with E-state index in [0.717, 1.165) is 31.2 Å². The van der Waals surface area contributed by atoms with Crippen molar-refractivity contribution in [2.75, 3.05) is 0 Å². The van der Waals surface area contributed by atoms with Crippen LogP contribution in [-0.4, -0.2) is 10.7 Å². The van der Waals surface area contributed by atoms with Crippen LogP contribution in [0.15, 0.2) is 24.3 Å². The Hall–Kier alpha value is -1.26. The maximum absolute atomic E-state index is 9.68. The van der Waals surface area contributed by atoms with Crippen molar-refractivity contribution in [1.82, 2.24) is 0 Å². The van der Waals surface area contributed by atoms with Crippen molar-refractivity contribution < 1.29 is 5.11 Å². The van der Waals surface area contributed by atoms with E-state index in [0.29, 0.717) is 0 Å². The van der Waals surface area contributed by atoms with Gasteiger partial charge >= 0.3 is 0 Å². The standard InChI is InChI=1S/C13H14O/c1-2-11-4-3-5-12(10-11)6-7-13(14)8-9-13/h1,3-5,10,14H,6-9H2. The Morgan fingerprint density at radius 3 is 2.86 bits per heavy atom. The molecule has 1 saturated carbocycles. The lowest BCUT2D eigenvalue weighted by Crippen LogP contribution is -2.07. The second-order valence-corrected chi connectivity index (χ2v) is 4.07. The van der Waals surface area contributed by atoms with Crippen molar-refractivity contribution >= 4 is 0 Å². The quantitative estimate of drug-likeness (QED) is 0.717. The Kier molecular flexibility index (Phi) is 2.31. The van der Waals surface area contributed by atoms with Crippen LogP contribution in [0.1, 0.15) is 30.4 Å². The lowest BCUT2D eigenvalue weighted by Gasteiger charge is -2.07. The van der Waals surface area contributed by atoms with E-state index in [1.54, 1.807) is 0 Å². The number of aliphatic hydroxyl groups is 1. The number of rotatable bonds is 3. The molecule has 1 aromatic rings. The highest BCUT2D eigenvalue weighted by molar-refractivity contribution is 5.35. The van der Waals surface area contributed by atoms with Gasteiger partial charge in [0.25, 0.3) is 0 Å². The zero-order valence-corrected chi connectivity index (χ0v) is 8.16. The molecule has 0 amide bonds. The van der Waals surface area contributed by atoms with E-state index in [9.17, 15) is 5.11 Å². The van der Waals surface area contributed by atoms with Gasteiger partial charge in [0, 0.05) is 5.56 Å². The fourth-order valence-corrected chi connectivity index (χ4v) is 1.59. The van der Waals surface area contributed by atoms with E-state index in [-0.39, 0.29) is 5.60 Å². The fourth-order valence-electron chi connectivity index (χ4n) is 1.59. The summed E-state index contributed by atoms with van der Waals surface area (Å²) in [4.78, 5) is 0. The Morgan fingerprint density at radius 1 is 1.43 bits per heavy atom. The zero-order chi connectivity index (χ0) is 10.0. The maximum atomic E-state index is 9.68. The first-order valence-corrected chi connectivity index (χ1v) is 5.00. The van der Waals surface area contributed by atoms with Crippen LogP contribution >= 0.6 is 0 Å². The molecule has 1 N–H and O–H groups in total. The SMILES string of the molecule is C#Cc1cccc(CCC2(O)CC2)c1. The van der Waals surface area contributed by atoms with Gasteiger partial charge in [0.05, 0.1) is 5.60 Å². The number of terminal acetylenes is 1. The zero-order valence-electron chi connectivity index (χ0n) is 8.16. The molecular weight excluding hydrogens is 172 g/mol. The third kappa shape index (κ3) is 2.16. The van der Waals surface area contributed by atoms with Gasteiger partial charge in [-0.3, -0.25) is 0 Å². The summed E-state index contributed by atoms with van der Waals surface area (Å²) in [5, 5.41) is 9.68. The van der Waals surface area contributed by atoms with Gasteiger partial charge in [0.2, 0.25) is 0 Å². The first kappa shape index (κ1) is 9.30. The van der Waals surface area contributed by atoms with Gasteiger partial charge in [-0.05, 0) is 43.4 Å². The lowest BCUT2D eigenvalue weighted by atomic mass is 10.0. The summed E-state index contributed by atoms with van der Waals surface area (Å²) in [7, 11) is 0. The minimum Gasteiger partial charge on any atom is -0.390 e. The van der Waals surface area contributed by atoms with E-state index in [1.165, 1.54) is 5.56 Å². The van der Waals surface area contributed by atoms with Gasteiger partial charge in [0.1, 0.15) is 0 Å². The molecule has 1 fully saturated rings. The fraction of sp³-hybridized carbons (Fsp3) is 0.385. The Bertz CT molecular complexity index is 369. The number of benzene rings is 1. The van der Waals surface area contributed by atoms with E-state index in [1.807, 2.05) is 18.2 Å². The van der Waals surface area contributed by atoms with Gasteiger partial charge in [-0.1, -0.05) is 18.1 Å². The predicted molar refractivity (Wildman–Crippen MR) is 56.9 cm³/mol. The molecule has 14 heavy (non-hydrogen) atoms.